The summed E-state index contributed by atoms with van der Waals surface area (Å²) in [5, 5.41) is 22.9. The minimum absolute atomic E-state index is 0.0842. The zero-order valence-corrected chi connectivity index (χ0v) is 15.0. The molecule has 146 valence electrons. The van der Waals surface area contributed by atoms with Gasteiger partial charge in [-0.25, -0.2) is 4.79 Å². The van der Waals surface area contributed by atoms with Crippen LogP contribution in [0.1, 0.15) is 28.8 Å². The average molecular weight is 379 g/mol. The van der Waals surface area contributed by atoms with Gasteiger partial charge in [0.15, 0.2) is 6.10 Å². The Morgan fingerprint density at radius 2 is 2.15 bits per heavy atom. The van der Waals surface area contributed by atoms with Crippen molar-refractivity contribution in [3.8, 4) is 0 Å². The summed E-state index contributed by atoms with van der Waals surface area (Å²) in [5.41, 5.74) is 0.527. The van der Waals surface area contributed by atoms with Gasteiger partial charge in [0.25, 0.3) is 11.6 Å². The van der Waals surface area contributed by atoms with Crippen LogP contribution in [0.15, 0.2) is 18.2 Å². The third-order valence-electron chi connectivity index (χ3n) is 4.40. The standard InChI is InChI=1S/C17H21N3O7/c1-10-8-11(5-6-12(10)20(25)26)16(23)19-7-3-4-13(19)15(22)18-9-14(21)17(24)27-2/h5-6,8,13-14,21H,3-4,7,9H2,1-2H3,(H,18,22)/t13-,14-/m0/s1. The van der Waals surface area contributed by atoms with E-state index in [9.17, 15) is 29.6 Å². The van der Waals surface area contributed by atoms with Gasteiger partial charge in [-0.1, -0.05) is 0 Å². The maximum absolute atomic E-state index is 12.7. The van der Waals surface area contributed by atoms with Gasteiger partial charge in [-0.2, -0.15) is 0 Å². The van der Waals surface area contributed by atoms with Crippen molar-refractivity contribution in [1.82, 2.24) is 10.2 Å². The highest BCUT2D eigenvalue weighted by atomic mass is 16.6. The van der Waals surface area contributed by atoms with E-state index in [2.05, 4.69) is 10.1 Å². The summed E-state index contributed by atoms with van der Waals surface area (Å²) >= 11 is 0. The SMILES string of the molecule is COC(=O)[C@@H](O)CNC(=O)[C@@H]1CCCN1C(=O)c1ccc([N+](=O)[O-])c(C)c1. The van der Waals surface area contributed by atoms with Gasteiger partial charge >= 0.3 is 5.97 Å². The van der Waals surface area contributed by atoms with E-state index in [1.165, 1.54) is 30.0 Å². The molecule has 1 aromatic carbocycles. The van der Waals surface area contributed by atoms with Crippen LogP contribution in [-0.2, 0) is 14.3 Å². The number of benzene rings is 1. The Kier molecular flexibility index (Phi) is 6.45. The van der Waals surface area contributed by atoms with Gasteiger partial charge in [0.2, 0.25) is 5.91 Å². The summed E-state index contributed by atoms with van der Waals surface area (Å²) in [6.07, 6.45) is -0.422. The summed E-state index contributed by atoms with van der Waals surface area (Å²) in [7, 11) is 1.12. The second-order valence-corrected chi connectivity index (χ2v) is 6.20. The molecule has 2 N–H and O–H groups in total. The van der Waals surface area contributed by atoms with Crippen molar-refractivity contribution >= 4 is 23.5 Å². The molecule has 0 radical (unpaired) electrons. The molecule has 2 rings (SSSR count). The number of rotatable bonds is 6. The molecule has 10 heteroatoms. The molecule has 2 amide bonds. The number of carbonyl (C=O) groups excluding carboxylic acids is 3. The molecule has 1 saturated heterocycles. The van der Waals surface area contributed by atoms with Gasteiger partial charge in [-0.3, -0.25) is 19.7 Å². The lowest BCUT2D eigenvalue weighted by molar-refractivity contribution is -0.385. The van der Waals surface area contributed by atoms with Gasteiger partial charge in [0.1, 0.15) is 6.04 Å². The number of methoxy groups -OCH3 is 1. The maximum atomic E-state index is 12.7. The second-order valence-electron chi connectivity index (χ2n) is 6.20. The summed E-state index contributed by atoms with van der Waals surface area (Å²) < 4.78 is 4.37. The molecule has 1 heterocycles. The molecule has 10 nitrogen and oxygen atoms in total. The number of aryl methyl sites for hydroxylation is 1. The van der Waals surface area contributed by atoms with Crippen molar-refractivity contribution in [3.63, 3.8) is 0 Å². The lowest BCUT2D eigenvalue weighted by atomic mass is 10.1. The van der Waals surface area contributed by atoms with Crippen LogP contribution >= 0.6 is 0 Å². The molecule has 0 aliphatic carbocycles. The molecule has 1 fully saturated rings. The van der Waals surface area contributed by atoms with Crippen LogP contribution in [0.3, 0.4) is 0 Å². The molecule has 1 aliphatic rings. The summed E-state index contributed by atoms with van der Waals surface area (Å²) in [6.45, 7) is 1.59. The molecule has 2 atom stereocenters. The van der Waals surface area contributed by atoms with Crippen LogP contribution in [0.2, 0.25) is 0 Å². The predicted molar refractivity (Wildman–Crippen MR) is 92.9 cm³/mol. The van der Waals surface area contributed by atoms with Crippen LogP contribution in [-0.4, -0.2) is 65.1 Å². The van der Waals surface area contributed by atoms with Crippen molar-refractivity contribution in [1.29, 1.82) is 0 Å². The number of carbonyl (C=O) groups is 3. The molecular formula is C17H21N3O7. The number of hydrogen-bond acceptors (Lipinski definition) is 7. The normalized spacial score (nSPS) is 17.3. The highest BCUT2D eigenvalue weighted by Crippen LogP contribution is 2.24. The molecule has 0 aromatic heterocycles. The number of aliphatic hydroxyl groups excluding tert-OH is 1. The number of likely N-dealkylation sites (tertiary alicyclic amines) is 1. The predicted octanol–water partition coefficient (Wildman–Crippen LogP) is 0.158. The summed E-state index contributed by atoms with van der Waals surface area (Å²) in [6, 6.07) is 3.31. The molecule has 1 aliphatic heterocycles. The fourth-order valence-corrected chi connectivity index (χ4v) is 2.98. The van der Waals surface area contributed by atoms with E-state index in [0.717, 1.165) is 7.11 Å². The first-order chi connectivity index (χ1) is 12.8. The first-order valence-electron chi connectivity index (χ1n) is 8.36. The molecular weight excluding hydrogens is 358 g/mol. The topological polar surface area (TPSA) is 139 Å². The van der Waals surface area contributed by atoms with E-state index >= 15 is 0 Å². The number of esters is 1. The van der Waals surface area contributed by atoms with Crippen molar-refractivity contribution in [2.45, 2.75) is 31.9 Å². The Bertz CT molecular complexity index is 765. The molecule has 0 unspecified atom stereocenters. The highest BCUT2D eigenvalue weighted by Gasteiger charge is 2.35. The Morgan fingerprint density at radius 3 is 2.74 bits per heavy atom. The number of amides is 2. The minimum Gasteiger partial charge on any atom is -0.467 e. The summed E-state index contributed by atoms with van der Waals surface area (Å²) in [5.74, 6) is -1.75. The molecule has 0 spiro atoms. The van der Waals surface area contributed by atoms with Gasteiger partial charge in [-0.15, -0.1) is 0 Å². The van der Waals surface area contributed by atoms with Gasteiger partial charge in [-0.05, 0) is 31.9 Å². The largest absolute Gasteiger partial charge is 0.467 e. The lowest BCUT2D eigenvalue weighted by Crippen LogP contribution is -2.48. The van der Waals surface area contributed by atoms with Gasteiger partial charge in [0, 0.05) is 23.7 Å². The Hall–Kier alpha value is -3.01. The van der Waals surface area contributed by atoms with Gasteiger partial charge < -0.3 is 20.1 Å². The lowest BCUT2D eigenvalue weighted by Gasteiger charge is -2.24. The van der Waals surface area contributed by atoms with Gasteiger partial charge in [0.05, 0.1) is 18.6 Å². The zero-order valence-electron chi connectivity index (χ0n) is 15.0. The van der Waals surface area contributed by atoms with Crippen LogP contribution in [0.4, 0.5) is 5.69 Å². The molecule has 0 saturated carbocycles. The van der Waals surface area contributed by atoms with Crippen LogP contribution in [0, 0.1) is 17.0 Å². The van der Waals surface area contributed by atoms with Crippen molar-refractivity contribution < 1.29 is 29.2 Å². The second kappa shape index (κ2) is 8.58. The van der Waals surface area contributed by atoms with E-state index in [-0.39, 0.29) is 17.8 Å². The van der Waals surface area contributed by atoms with E-state index in [1.807, 2.05) is 0 Å². The smallest absolute Gasteiger partial charge is 0.336 e. The van der Waals surface area contributed by atoms with E-state index in [4.69, 9.17) is 0 Å². The highest BCUT2D eigenvalue weighted by molar-refractivity contribution is 5.98. The molecule has 0 bridgehead atoms. The monoisotopic (exact) mass is 379 g/mol. The molecule has 27 heavy (non-hydrogen) atoms. The fourth-order valence-electron chi connectivity index (χ4n) is 2.98. The molecule has 1 aromatic rings. The zero-order chi connectivity index (χ0) is 20.1. The number of nitro benzene ring substituents is 1. The minimum atomic E-state index is -1.48. The fraction of sp³-hybridized carbons (Fsp3) is 0.471. The quantitative estimate of drug-likeness (QED) is 0.408. The Morgan fingerprint density at radius 1 is 1.44 bits per heavy atom. The van der Waals surface area contributed by atoms with E-state index in [1.54, 1.807) is 0 Å². The average Bonchev–Trinajstić information content (AvgIpc) is 3.13. The van der Waals surface area contributed by atoms with E-state index < -0.39 is 34.9 Å². The van der Waals surface area contributed by atoms with Crippen LogP contribution in [0.5, 0.6) is 0 Å². The van der Waals surface area contributed by atoms with E-state index in [0.29, 0.717) is 24.9 Å². The van der Waals surface area contributed by atoms with Crippen LogP contribution < -0.4 is 5.32 Å². The van der Waals surface area contributed by atoms with Crippen LogP contribution in [0.25, 0.3) is 0 Å². The third kappa shape index (κ3) is 4.59. The number of ether oxygens (including phenoxy) is 1. The summed E-state index contributed by atoms with van der Waals surface area (Å²) in [4.78, 5) is 48.0. The van der Waals surface area contributed by atoms with Crippen molar-refractivity contribution in [2.24, 2.45) is 0 Å². The first-order valence-corrected chi connectivity index (χ1v) is 8.36. The van der Waals surface area contributed by atoms with Crippen molar-refractivity contribution in [2.75, 3.05) is 20.2 Å². The Balaban J connectivity index is 2.07. The number of nitrogens with one attached hydrogen (secondary N) is 1. The number of aliphatic hydroxyl groups is 1. The number of hydrogen-bond donors (Lipinski definition) is 2. The Labute approximate surface area is 155 Å². The van der Waals surface area contributed by atoms with Crippen molar-refractivity contribution in [3.05, 3.63) is 39.4 Å². The number of nitrogens with zero attached hydrogens (tertiary/aromatic N) is 2. The maximum Gasteiger partial charge on any atom is 0.336 e. The third-order valence-corrected chi connectivity index (χ3v) is 4.40. The first kappa shape index (κ1) is 20.3. The number of nitro groups is 1.